The van der Waals surface area contributed by atoms with Crippen molar-refractivity contribution in [2.45, 2.75) is 19.4 Å². The maximum Gasteiger partial charge on any atom is 0.305 e. The van der Waals surface area contributed by atoms with Gasteiger partial charge in [-0.3, -0.25) is 24.3 Å². The average molecular weight is 469 g/mol. The Labute approximate surface area is 197 Å². The first kappa shape index (κ1) is 22.0. The van der Waals surface area contributed by atoms with Crippen LogP contribution in [0.3, 0.4) is 0 Å². The quantitative estimate of drug-likeness (QED) is 0.293. The van der Waals surface area contributed by atoms with Crippen molar-refractivity contribution in [1.82, 2.24) is 19.1 Å². The molecule has 10 nitrogen and oxygen atoms in total. The Bertz CT molecular complexity index is 1670. The molecule has 3 aromatic carbocycles. The molecule has 2 aromatic heterocycles. The summed E-state index contributed by atoms with van der Waals surface area (Å²) in [6.07, 6.45) is 1.47. The predicted octanol–water partition coefficient (Wildman–Crippen LogP) is 4.02. The van der Waals surface area contributed by atoms with E-state index in [1.165, 1.54) is 22.8 Å². The molecule has 0 aliphatic rings. The van der Waals surface area contributed by atoms with Crippen molar-refractivity contribution in [3.63, 3.8) is 0 Å². The molecule has 0 bridgehead atoms. The Kier molecular flexibility index (Phi) is 5.33. The number of hydrogen-bond donors (Lipinski definition) is 1. The highest BCUT2D eigenvalue weighted by Crippen LogP contribution is 2.28. The minimum absolute atomic E-state index is 0.122. The second-order valence-electron chi connectivity index (χ2n) is 8.11. The maximum absolute atomic E-state index is 13.3. The fourth-order valence-electron chi connectivity index (χ4n) is 4.33. The predicted molar refractivity (Wildman–Crippen MR) is 129 cm³/mol. The number of carbonyl (C=O) groups is 1. The summed E-state index contributed by atoms with van der Waals surface area (Å²) in [5, 5.41) is 20.8. The number of aromatic nitrogens is 4. The van der Waals surface area contributed by atoms with Crippen molar-refractivity contribution in [2.24, 2.45) is 0 Å². The van der Waals surface area contributed by atoms with Gasteiger partial charge in [0.05, 0.1) is 51.3 Å². The van der Waals surface area contributed by atoms with Gasteiger partial charge in [0.25, 0.3) is 11.2 Å². The molecule has 5 rings (SSSR count). The zero-order chi connectivity index (χ0) is 24.7. The number of imidazole rings is 1. The van der Waals surface area contributed by atoms with Crippen LogP contribution in [0.15, 0.2) is 77.9 Å². The van der Waals surface area contributed by atoms with Crippen LogP contribution >= 0.6 is 0 Å². The first-order valence-electron chi connectivity index (χ1n) is 10.7. The third-order valence-electron chi connectivity index (χ3n) is 5.94. The Morgan fingerprint density at radius 1 is 1.09 bits per heavy atom. The molecule has 1 atom stereocenters. The fourth-order valence-corrected chi connectivity index (χ4v) is 4.33. The van der Waals surface area contributed by atoms with E-state index < -0.39 is 22.5 Å². The minimum Gasteiger partial charge on any atom is -0.481 e. The van der Waals surface area contributed by atoms with E-state index in [2.05, 4.69) is 9.97 Å². The first-order valence-corrected chi connectivity index (χ1v) is 10.7. The number of aryl methyl sites for hydroxylation is 1. The number of nitro groups is 1. The van der Waals surface area contributed by atoms with Crippen LogP contribution in [0.25, 0.3) is 27.6 Å². The van der Waals surface area contributed by atoms with Crippen molar-refractivity contribution in [2.75, 3.05) is 0 Å². The Morgan fingerprint density at radius 2 is 1.86 bits per heavy atom. The molecule has 1 N–H and O–H groups in total. The first-order chi connectivity index (χ1) is 16.8. The van der Waals surface area contributed by atoms with E-state index in [4.69, 9.17) is 0 Å². The summed E-state index contributed by atoms with van der Waals surface area (Å²) in [4.78, 5) is 44.4. The Morgan fingerprint density at radius 3 is 2.57 bits per heavy atom. The van der Waals surface area contributed by atoms with Crippen LogP contribution in [0.1, 0.15) is 23.9 Å². The van der Waals surface area contributed by atoms with Crippen molar-refractivity contribution in [3.8, 4) is 5.69 Å². The molecule has 0 aliphatic carbocycles. The minimum atomic E-state index is -0.934. The van der Waals surface area contributed by atoms with E-state index in [1.54, 1.807) is 36.0 Å². The highest BCUT2D eigenvalue weighted by atomic mass is 16.6. The zero-order valence-electron chi connectivity index (χ0n) is 18.5. The standard InChI is InChI=1S/C25H19N5O5/c1-15-27-20-9-7-18(30(34)35)11-19(20)25(33)29(15)17-8-10-22-21(12-17)26-14-28(22)23(13-24(31)32)16-5-3-2-4-6-16/h2-12,14,23H,13H2,1H3,(H,31,32). The summed E-state index contributed by atoms with van der Waals surface area (Å²) in [6, 6.07) is 18.1. The topological polar surface area (TPSA) is 133 Å². The molecule has 0 aliphatic heterocycles. The number of carboxylic acid groups (broad SMARTS) is 1. The summed E-state index contributed by atoms with van der Waals surface area (Å²) in [5.41, 5.74) is 2.37. The van der Waals surface area contributed by atoms with Gasteiger partial charge in [0.15, 0.2) is 0 Å². The summed E-state index contributed by atoms with van der Waals surface area (Å²) < 4.78 is 3.19. The van der Waals surface area contributed by atoms with Crippen molar-refractivity contribution in [1.29, 1.82) is 0 Å². The van der Waals surface area contributed by atoms with E-state index in [0.29, 0.717) is 28.1 Å². The van der Waals surface area contributed by atoms with Crippen LogP contribution in [0.5, 0.6) is 0 Å². The molecule has 2 heterocycles. The third-order valence-corrected chi connectivity index (χ3v) is 5.94. The number of benzene rings is 3. The summed E-state index contributed by atoms with van der Waals surface area (Å²) in [6.45, 7) is 1.68. The van der Waals surface area contributed by atoms with Gasteiger partial charge in [-0.15, -0.1) is 0 Å². The summed E-state index contributed by atoms with van der Waals surface area (Å²) >= 11 is 0. The normalized spacial score (nSPS) is 12.1. The number of rotatable bonds is 6. The number of nitro benzene ring substituents is 1. The van der Waals surface area contributed by atoms with Gasteiger partial charge in [0.2, 0.25) is 0 Å². The lowest BCUT2D eigenvalue weighted by Gasteiger charge is -2.18. The fraction of sp³-hybridized carbons (Fsp3) is 0.120. The molecule has 0 amide bonds. The van der Waals surface area contributed by atoms with Gasteiger partial charge < -0.3 is 9.67 Å². The van der Waals surface area contributed by atoms with Crippen LogP contribution in [0, 0.1) is 17.0 Å². The van der Waals surface area contributed by atoms with Crippen LogP contribution in [-0.4, -0.2) is 35.1 Å². The van der Waals surface area contributed by atoms with E-state index in [0.717, 1.165) is 5.56 Å². The lowest BCUT2D eigenvalue weighted by Crippen LogP contribution is -2.22. The van der Waals surface area contributed by atoms with Crippen LogP contribution < -0.4 is 5.56 Å². The van der Waals surface area contributed by atoms with E-state index >= 15 is 0 Å². The largest absolute Gasteiger partial charge is 0.481 e. The van der Waals surface area contributed by atoms with E-state index in [-0.39, 0.29) is 17.5 Å². The van der Waals surface area contributed by atoms with Crippen LogP contribution in [0.4, 0.5) is 5.69 Å². The second-order valence-corrected chi connectivity index (χ2v) is 8.11. The second kappa shape index (κ2) is 8.49. The maximum atomic E-state index is 13.3. The third kappa shape index (κ3) is 3.90. The lowest BCUT2D eigenvalue weighted by atomic mass is 10.0. The zero-order valence-corrected chi connectivity index (χ0v) is 18.5. The number of hydrogen-bond acceptors (Lipinski definition) is 6. The monoisotopic (exact) mass is 469 g/mol. The van der Waals surface area contributed by atoms with Crippen LogP contribution in [0.2, 0.25) is 0 Å². The summed E-state index contributed by atoms with van der Waals surface area (Å²) in [7, 11) is 0. The van der Waals surface area contributed by atoms with Gasteiger partial charge in [-0.05, 0) is 36.8 Å². The van der Waals surface area contributed by atoms with Gasteiger partial charge in [-0.2, -0.15) is 0 Å². The smallest absolute Gasteiger partial charge is 0.305 e. The number of fused-ring (bicyclic) bond motifs is 2. The SMILES string of the molecule is Cc1nc2ccc([N+](=O)[O-])cc2c(=O)n1-c1ccc2c(c1)ncn2C(CC(=O)O)c1ccccc1. The lowest BCUT2D eigenvalue weighted by molar-refractivity contribution is -0.384. The average Bonchev–Trinajstić information content (AvgIpc) is 3.26. The van der Waals surface area contributed by atoms with Crippen molar-refractivity contribution in [3.05, 3.63) is 105 Å². The van der Waals surface area contributed by atoms with Gasteiger partial charge in [-0.1, -0.05) is 30.3 Å². The van der Waals surface area contributed by atoms with Crippen LogP contribution in [-0.2, 0) is 4.79 Å². The number of carboxylic acids is 1. The molecule has 0 spiro atoms. The molecule has 35 heavy (non-hydrogen) atoms. The van der Waals surface area contributed by atoms with Gasteiger partial charge >= 0.3 is 5.97 Å². The van der Waals surface area contributed by atoms with Crippen molar-refractivity contribution < 1.29 is 14.8 Å². The highest BCUT2D eigenvalue weighted by molar-refractivity contribution is 5.82. The van der Waals surface area contributed by atoms with Gasteiger partial charge in [-0.25, -0.2) is 9.97 Å². The molecule has 1 unspecified atom stereocenters. The molecule has 10 heteroatoms. The molecular weight excluding hydrogens is 450 g/mol. The van der Waals surface area contributed by atoms with Gasteiger partial charge in [0.1, 0.15) is 5.82 Å². The molecule has 174 valence electrons. The van der Waals surface area contributed by atoms with Crippen molar-refractivity contribution >= 4 is 33.6 Å². The molecular formula is C25H19N5O5. The van der Waals surface area contributed by atoms with E-state index in [1.807, 2.05) is 30.3 Å². The molecule has 0 saturated heterocycles. The summed E-state index contributed by atoms with van der Waals surface area (Å²) in [5.74, 6) is -0.515. The molecule has 0 radical (unpaired) electrons. The number of nitrogens with zero attached hydrogens (tertiary/aromatic N) is 5. The van der Waals surface area contributed by atoms with E-state index in [9.17, 15) is 24.8 Å². The Balaban J connectivity index is 1.64. The molecule has 5 aromatic rings. The molecule has 0 fully saturated rings. The number of non-ortho nitro benzene ring substituents is 1. The highest BCUT2D eigenvalue weighted by Gasteiger charge is 2.20. The Hall–Kier alpha value is -4.86. The number of aliphatic carboxylic acids is 1. The molecule has 0 saturated carbocycles. The van der Waals surface area contributed by atoms with Gasteiger partial charge in [0, 0.05) is 12.1 Å².